The normalized spacial score (nSPS) is 10.6. The molecule has 3 N–H and O–H groups in total. The SMILES string of the molecule is CCCCNCc1cnc(-c2ccc(C(=O)N(c3ccccc3)c3ccccc3N)cc2)c(C#N)c1. The summed E-state index contributed by atoms with van der Waals surface area (Å²) in [4.78, 5) is 19.8. The van der Waals surface area contributed by atoms with Crippen molar-refractivity contribution >= 4 is 23.0 Å². The van der Waals surface area contributed by atoms with Crippen LogP contribution in [0.5, 0.6) is 0 Å². The number of nitrogen functional groups attached to an aromatic ring is 1. The quantitative estimate of drug-likeness (QED) is 0.226. The molecule has 1 heterocycles. The Morgan fingerprint density at radius 2 is 1.75 bits per heavy atom. The molecule has 36 heavy (non-hydrogen) atoms. The van der Waals surface area contributed by atoms with Crippen LogP contribution in [-0.2, 0) is 6.54 Å². The Morgan fingerprint density at radius 1 is 1.03 bits per heavy atom. The van der Waals surface area contributed by atoms with Crippen molar-refractivity contribution in [3.63, 3.8) is 0 Å². The number of nitrogens with two attached hydrogens (primary N) is 1. The number of amides is 1. The number of carbonyl (C=O) groups excluding carboxylic acids is 1. The van der Waals surface area contributed by atoms with E-state index in [9.17, 15) is 10.1 Å². The molecule has 1 amide bonds. The Hall–Kier alpha value is -4.47. The van der Waals surface area contributed by atoms with Crippen molar-refractivity contribution < 1.29 is 4.79 Å². The molecule has 180 valence electrons. The first kappa shape index (κ1) is 24.6. The van der Waals surface area contributed by atoms with E-state index in [0.29, 0.717) is 34.7 Å². The van der Waals surface area contributed by atoms with Gasteiger partial charge in [0.05, 0.1) is 22.6 Å². The molecule has 0 bridgehead atoms. The molecule has 4 aromatic rings. The van der Waals surface area contributed by atoms with E-state index in [1.165, 1.54) is 0 Å². The maximum absolute atomic E-state index is 13.7. The maximum Gasteiger partial charge on any atom is 0.262 e. The summed E-state index contributed by atoms with van der Waals surface area (Å²) in [6.45, 7) is 3.76. The molecule has 0 spiro atoms. The second kappa shape index (κ2) is 11.8. The predicted molar refractivity (Wildman–Crippen MR) is 145 cm³/mol. The number of nitrogens with one attached hydrogen (secondary N) is 1. The monoisotopic (exact) mass is 475 g/mol. The van der Waals surface area contributed by atoms with Crippen molar-refractivity contribution in [3.05, 3.63) is 108 Å². The summed E-state index contributed by atoms with van der Waals surface area (Å²) < 4.78 is 0. The second-order valence-electron chi connectivity index (χ2n) is 8.49. The van der Waals surface area contributed by atoms with Crippen molar-refractivity contribution in [2.75, 3.05) is 17.2 Å². The van der Waals surface area contributed by atoms with Crippen LogP contribution < -0.4 is 16.0 Å². The first-order chi connectivity index (χ1) is 17.6. The Balaban J connectivity index is 1.61. The molecular weight excluding hydrogens is 446 g/mol. The third-order valence-electron chi connectivity index (χ3n) is 5.90. The van der Waals surface area contributed by atoms with Crippen LogP contribution in [0.25, 0.3) is 11.3 Å². The van der Waals surface area contributed by atoms with Gasteiger partial charge in [-0.25, -0.2) is 0 Å². The zero-order valence-corrected chi connectivity index (χ0v) is 20.3. The summed E-state index contributed by atoms with van der Waals surface area (Å²) in [5.41, 5.74) is 11.4. The molecule has 0 aliphatic carbocycles. The molecule has 0 fully saturated rings. The first-order valence-corrected chi connectivity index (χ1v) is 12.1. The van der Waals surface area contributed by atoms with Crippen LogP contribution in [0.15, 0.2) is 91.1 Å². The van der Waals surface area contributed by atoms with Gasteiger partial charge in [0, 0.05) is 29.6 Å². The van der Waals surface area contributed by atoms with Crippen LogP contribution in [0.4, 0.5) is 17.1 Å². The zero-order chi connectivity index (χ0) is 25.3. The van der Waals surface area contributed by atoms with E-state index >= 15 is 0 Å². The fraction of sp³-hybridized carbons (Fsp3) is 0.167. The summed E-state index contributed by atoms with van der Waals surface area (Å²) in [5, 5.41) is 13.1. The van der Waals surface area contributed by atoms with Crippen LogP contribution >= 0.6 is 0 Å². The number of para-hydroxylation sites is 3. The molecule has 4 rings (SSSR count). The van der Waals surface area contributed by atoms with E-state index in [2.05, 4.69) is 23.3 Å². The van der Waals surface area contributed by atoms with Gasteiger partial charge in [0.2, 0.25) is 0 Å². The maximum atomic E-state index is 13.7. The fourth-order valence-corrected chi connectivity index (χ4v) is 3.99. The van der Waals surface area contributed by atoms with Gasteiger partial charge in [-0.3, -0.25) is 14.7 Å². The molecule has 6 nitrogen and oxygen atoms in total. The molecule has 0 aliphatic rings. The number of unbranched alkanes of at least 4 members (excludes halogenated alkanes) is 1. The topological polar surface area (TPSA) is 95.0 Å². The highest BCUT2D eigenvalue weighted by Crippen LogP contribution is 2.32. The van der Waals surface area contributed by atoms with Crippen molar-refractivity contribution in [2.24, 2.45) is 0 Å². The van der Waals surface area contributed by atoms with E-state index in [1.54, 1.807) is 29.3 Å². The van der Waals surface area contributed by atoms with Gasteiger partial charge in [-0.05, 0) is 61.0 Å². The number of pyridine rings is 1. The molecule has 1 aromatic heterocycles. The number of hydrogen-bond donors (Lipinski definition) is 2. The third kappa shape index (κ3) is 5.60. The summed E-state index contributed by atoms with van der Waals surface area (Å²) in [7, 11) is 0. The smallest absolute Gasteiger partial charge is 0.262 e. The van der Waals surface area contributed by atoms with Gasteiger partial charge in [0.1, 0.15) is 6.07 Å². The van der Waals surface area contributed by atoms with Crippen molar-refractivity contribution in [1.82, 2.24) is 10.3 Å². The first-order valence-electron chi connectivity index (χ1n) is 12.1. The van der Waals surface area contributed by atoms with Crippen molar-refractivity contribution in [3.8, 4) is 17.3 Å². The number of hydrogen-bond acceptors (Lipinski definition) is 5. The summed E-state index contributed by atoms with van der Waals surface area (Å²) in [5.74, 6) is -0.201. The predicted octanol–water partition coefficient (Wildman–Crippen LogP) is 6.07. The minimum Gasteiger partial charge on any atom is -0.397 e. The van der Waals surface area contributed by atoms with Crippen molar-refractivity contribution in [1.29, 1.82) is 5.26 Å². The lowest BCUT2D eigenvalue weighted by atomic mass is 10.0. The minimum absolute atomic E-state index is 0.201. The molecule has 0 radical (unpaired) electrons. The molecule has 0 aliphatic heterocycles. The number of nitriles is 1. The van der Waals surface area contributed by atoms with Gasteiger partial charge in [-0.1, -0.05) is 55.8 Å². The lowest BCUT2D eigenvalue weighted by Gasteiger charge is -2.24. The Kier molecular flexibility index (Phi) is 8.07. The number of benzene rings is 3. The van der Waals surface area contributed by atoms with Gasteiger partial charge < -0.3 is 11.1 Å². The molecule has 6 heteroatoms. The van der Waals surface area contributed by atoms with E-state index in [1.807, 2.05) is 66.7 Å². The molecular formula is C30H29N5O. The Labute approximate surface area is 212 Å². The molecule has 0 unspecified atom stereocenters. The second-order valence-corrected chi connectivity index (χ2v) is 8.49. The average Bonchev–Trinajstić information content (AvgIpc) is 2.93. The average molecular weight is 476 g/mol. The fourth-order valence-electron chi connectivity index (χ4n) is 3.99. The Bertz CT molecular complexity index is 1360. The highest BCUT2D eigenvalue weighted by atomic mass is 16.2. The van der Waals surface area contributed by atoms with E-state index in [4.69, 9.17) is 5.73 Å². The molecule has 3 aromatic carbocycles. The molecule has 0 atom stereocenters. The van der Waals surface area contributed by atoms with Crippen LogP contribution in [0.1, 0.15) is 41.3 Å². The van der Waals surface area contributed by atoms with Crippen LogP contribution in [-0.4, -0.2) is 17.4 Å². The molecule has 0 saturated heterocycles. The van der Waals surface area contributed by atoms with Gasteiger partial charge in [-0.15, -0.1) is 0 Å². The highest BCUT2D eigenvalue weighted by molar-refractivity contribution is 6.12. The largest absolute Gasteiger partial charge is 0.397 e. The number of nitrogens with zero attached hydrogens (tertiary/aromatic N) is 3. The number of aromatic nitrogens is 1. The Morgan fingerprint density at radius 3 is 2.44 bits per heavy atom. The van der Waals surface area contributed by atoms with Gasteiger partial charge in [0.15, 0.2) is 0 Å². The molecule has 0 saturated carbocycles. The van der Waals surface area contributed by atoms with Crippen LogP contribution in [0.3, 0.4) is 0 Å². The lowest BCUT2D eigenvalue weighted by molar-refractivity contribution is 0.0999. The summed E-state index contributed by atoms with van der Waals surface area (Å²) in [6.07, 6.45) is 4.04. The lowest BCUT2D eigenvalue weighted by Crippen LogP contribution is -2.26. The summed E-state index contributed by atoms with van der Waals surface area (Å²) >= 11 is 0. The van der Waals surface area contributed by atoms with E-state index in [-0.39, 0.29) is 5.91 Å². The van der Waals surface area contributed by atoms with E-state index < -0.39 is 0 Å². The van der Waals surface area contributed by atoms with Gasteiger partial charge in [-0.2, -0.15) is 5.26 Å². The van der Waals surface area contributed by atoms with Crippen molar-refractivity contribution in [2.45, 2.75) is 26.3 Å². The minimum atomic E-state index is -0.201. The zero-order valence-electron chi connectivity index (χ0n) is 20.3. The van der Waals surface area contributed by atoms with Crippen LogP contribution in [0, 0.1) is 11.3 Å². The van der Waals surface area contributed by atoms with Gasteiger partial charge >= 0.3 is 0 Å². The summed E-state index contributed by atoms with van der Waals surface area (Å²) in [6, 6.07) is 28.0. The van der Waals surface area contributed by atoms with E-state index in [0.717, 1.165) is 36.2 Å². The van der Waals surface area contributed by atoms with Gasteiger partial charge in [0.25, 0.3) is 5.91 Å². The number of anilines is 3. The number of carbonyl (C=O) groups is 1. The third-order valence-corrected chi connectivity index (χ3v) is 5.90. The number of rotatable bonds is 9. The van der Waals surface area contributed by atoms with Crippen LogP contribution in [0.2, 0.25) is 0 Å². The standard InChI is InChI=1S/C30H29N5O/c1-2-3-17-33-20-22-18-25(19-31)29(34-21-22)23-13-15-24(16-14-23)30(36)35(26-9-5-4-6-10-26)28-12-8-7-11-27(28)32/h4-16,18,21,33H,2-3,17,20,32H2,1H3. The highest BCUT2D eigenvalue weighted by Gasteiger charge is 2.21.